The lowest BCUT2D eigenvalue weighted by molar-refractivity contribution is 0.348. The standard InChI is InChI=1S/C46H28O16/c47-30-23-21(17-9-5-8-16(13-17)20-18-10-3-1-6-14(18)12-15-7-2-4-11-19(15)20)24-26(33(50)41(58)39(56)31(24)48)22(25(23)32(49)40(57)38(30)55)27-34(51)35(52)28-29-36(53)42(59)43(60)44(61)46(29)62-45(28)37(27)54/h1-13,47-61H. The van der Waals surface area contributed by atoms with E-state index in [-0.39, 0.29) is 11.1 Å². The summed E-state index contributed by atoms with van der Waals surface area (Å²) in [5.41, 5.74) is -2.70. The molecule has 0 aliphatic heterocycles. The quantitative estimate of drug-likeness (QED) is 0.0449. The minimum Gasteiger partial charge on any atom is -0.504 e. The smallest absolute Gasteiger partial charge is 0.208 e. The number of rotatable bonds is 3. The summed E-state index contributed by atoms with van der Waals surface area (Å²) >= 11 is 0. The first-order valence-electron chi connectivity index (χ1n) is 18.3. The zero-order valence-corrected chi connectivity index (χ0v) is 31.1. The summed E-state index contributed by atoms with van der Waals surface area (Å²) in [4.78, 5) is 0. The molecule has 10 aromatic rings. The van der Waals surface area contributed by atoms with Crippen LogP contribution < -0.4 is 0 Å². The first kappa shape index (κ1) is 37.1. The number of aromatic hydroxyl groups is 15. The summed E-state index contributed by atoms with van der Waals surface area (Å²) in [5, 5.41) is 167. The van der Waals surface area contributed by atoms with Gasteiger partial charge < -0.3 is 81.0 Å². The van der Waals surface area contributed by atoms with Crippen LogP contribution in [0.3, 0.4) is 0 Å². The Kier molecular flexibility index (Phi) is 7.43. The number of phenols is 15. The fraction of sp³-hybridized carbons (Fsp3) is 0. The van der Waals surface area contributed by atoms with Crippen molar-refractivity contribution in [3.8, 4) is 120 Å². The van der Waals surface area contributed by atoms with Gasteiger partial charge in [0.05, 0.1) is 16.3 Å². The minimum absolute atomic E-state index is 0.0511. The monoisotopic (exact) mass is 836 g/mol. The molecule has 0 saturated carbocycles. The van der Waals surface area contributed by atoms with Crippen molar-refractivity contribution in [3.63, 3.8) is 0 Å². The number of phenolic OH excluding ortho intramolecular Hbond substituents is 15. The Hall–Kier alpha value is -9.18. The highest BCUT2D eigenvalue weighted by Gasteiger charge is 2.37. The van der Waals surface area contributed by atoms with Crippen LogP contribution in [0.2, 0.25) is 0 Å². The van der Waals surface area contributed by atoms with Crippen LogP contribution in [0.1, 0.15) is 0 Å². The molecule has 10 rings (SSSR count). The molecular weight excluding hydrogens is 808 g/mol. The second-order valence-electron chi connectivity index (χ2n) is 14.6. The van der Waals surface area contributed by atoms with Gasteiger partial charge in [0.25, 0.3) is 0 Å². The zero-order valence-electron chi connectivity index (χ0n) is 31.1. The molecule has 16 heteroatoms. The van der Waals surface area contributed by atoms with E-state index in [1.165, 1.54) is 6.07 Å². The molecule has 15 N–H and O–H groups in total. The molecule has 0 atom stereocenters. The van der Waals surface area contributed by atoms with Crippen LogP contribution in [0, 0.1) is 0 Å². The van der Waals surface area contributed by atoms with Crippen molar-refractivity contribution >= 4 is 65.0 Å². The molecule has 0 saturated heterocycles. The average Bonchev–Trinajstić information content (AvgIpc) is 3.69. The molecule has 0 amide bonds. The van der Waals surface area contributed by atoms with Crippen molar-refractivity contribution in [2.75, 3.05) is 0 Å². The van der Waals surface area contributed by atoms with Crippen molar-refractivity contribution < 1.29 is 81.0 Å². The SMILES string of the molecule is Oc1c(O)c(O)c2c(oc3c(O)c(-c4c5c(O)c(O)c(O)c(O)c5c(-c5cccc(-c6c7ccccc7cc7ccccc67)c5)c5c(O)c(O)c(O)c(O)c45)c(O)c(O)c32)c1O. The predicted molar refractivity (Wildman–Crippen MR) is 225 cm³/mol. The number of hydrogen-bond donors (Lipinski definition) is 15. The molecule has 1 aromatic heterocycles. The Morgan fingerprint density at radius 3 is 1.11 bits per heavy atom. The molecule has 0 spiro atoms. The van der Waals surface area contributed by atoms with Crippen LogP contribution in [0.25, 0.3) is 98.4 Å². The molecule has 0 radical (unpaired) electrons. The highest BCUT2D eigenvalue weighted by Crippen LogP contribution is 2.66. The lowest BCUT2D eigenvalue weighted by atomic mass is 9.82. The number of hydrogen-bond acceptors (Lipinski definition) is 16. The lowest BCUT2D eigenvalue weighted by Gasteiger charge is -2.23. The van der Waals surface area contributed by atoms with Crippen molar-refractivity contribution in [1.82, 2.24) is 0 Å². The molecule has 308 valence electrons. The van der Waals surface area contributed by atoms with E-state index < -0.39 is 141 Å². The number of furan rings is 1. The van der Waals surface area contributed by atoms with Crippen molar-refractivity contribution in [3.05, 3.63) is 78.9 Å². The highest BCUT2D eigenvalue weighted by atomic mass is 16.4. The third-order valence-electron chi connectivity index (χ3n) is 11.4. The summed E-state index contributed by atoms with van der Waals surface area (Å²) in [6.45, 7) is 0. The molecule has 0 unspecified atom stereocenters. The van der Waals surface area contributed by atoms with Crippen molar-refractivity contribution in [2.45, 2.75) is 0 Å². The normalized spacial score (nSPS) is 11.9. The Labute approximate surface area is 343 Å². The van der Waals surface area contributed by atoms with Gasteiger partial charge in [-0.2, -0.15) is 0 Å². The van der Waals surface area contributed by atoms with Gasteiger partial charge in [0, 0.05) is 32.7 Å². The maximum atomic E-state index is 12.0. The van der Waals surface area contributed by atoms with Gasteiger partial charge >= 0.3 is 0 Å². The zero-order chi connectivity index (χ0) is 44.0. The van der Waals surface area contributed by atoms with Gasteiger partial charge in [-0.05, 0) is 50.4 Å². The van der Waals surface area contributed by atoms with Crippen molar-refractivity contribution in [2.24, 2.45) is 0 Å². The van der Waals surface area contributed by atoms with E-state index in [4.69, 9.17) is 4.42 Å². The second-order valence-corrected chi connectivity index (χ2v) is 14.6. The fourth-order valence-corrected chi connectivity index (χ4v) is 8.68. The van der Waals surface area contributed by atoms with Crippen LogP contribution in [0.15, 0.2) is 83.3 Å². The molecular formula is C46H28O16. The molecule has 0 fully saturated rings. The molecule has 16 nitrogen and oxygen atoms in total. The maximum absolute atomic E-state index is 12.0. The minimum atomic E-state index is -1.38. The van der Waals surface area contributed by atoms with E-state index in [1.807, 2.05) is 54.6 Å². The van der Waals surface area contributed by atoms with Gasteiger partial charge in [-0.25, -0.2) is 0 Å². The number of fused-ring (bicyclic) bond motifs is 7. The lowest BCUT2D eigenvalue weighted by Crippen LogP contribution is -1.96. The Morgan fingerprint density at radius 2 is 0.629 bits per heavy atom. The summed E-state index contributed by atoms with van der Waals surface area (Å²) in [6, 6.07) is 23.5. The number of benzene rings is 9. The first-order valence-corrected chi connectivity index (χ1v) is 18.3. The van der Waals surface area contributed by atoms with Gasteiger partial charge in [0.2, 0.25) is 40.2 Å². The van der Waals surface area contributed by atoms with E-state index >= 15 is 0 Å². The molecule has 0 aliphatic carbocycles. The largest absolute Gasteiger partial charge is 0.504 e. The van der Waals surface area contributed by atoms with Gasteiger partial charge in [0.15, 0.2) is 57.2 Å². The summed E-state index contributed by atoms with van der Waals surface area (Å²) in [7, 11) is 0. The Bertz CT molecular complexity index is 3560. The van der Waals surface area contributed by atoms with Crippen LogP contribution in [0.5, 0.6) is 86.2 Å². The highest BCUT2D eigenvalue weighted by molar-refractivity contribution is 6.31. The van der Waals surface area contributed by atoms with Gasteiger partial charge in [-0.15, -0.1) is 0 Å². The topological polar surface area (TPSA) is 317 Å². The third kappa shape index (κ3) is 4.53. The van der Waals surface area contributed by atoms with Gasteiger partial charge in [-0.1, -0.05) is 66.7 Å². The summed E-state index contributed by atoms with van der Waals surface area (Å²) in [5.74, 6) is -19.1. The van der Waals surface area contributed by atoms with E-state index in [1.54, 1.807) is 18.2 Å². The van der Waals surface area contributed by atoms with E-state index in [0.717, 1.165) is 27.1 Å². The molecule has 62 heavy (non-hydrogen) atoms. The van der Waals surface area contributed by atoms with Crippen LogP contribution >= 0.6 is 0 Å². The third-order valence-corrected chi connectivity index (χ3v) is 11.4. The molecule has 0 bridgehead atoms. The average molecular weight is 837 g/mol. The maximum Gasteiger partial charge on any atom is 0.208 e. The Morgan fingerprint density at radius 1 is 0.258 bits per heavy atom. The summed E-state index contributed by atoms with van der Waals surface area (Å²) < 4.78 is 5.55. The van der Waals surface area contributed by atoms with Crippen molar-refractivity contribution in [1.29, 1.82) is 0 Å². The fourth-order valence-electron chi connectivity index (χ4n) is 8.68. The van der Waals surface area contributed by atoms with Crippen LogP contribution in [0.4, 0.5) is 0 Å². The van der Waals surface area contributed by atoms with E-state index in [9.17, 15) is 76.6 Å². The van der Waals surface area contributed by atoms with Gasteiger partial charge in [0.1, 0.15) is 0 Å². The molecule has 9 aromatic carbocycles. The van der Waals surface area contributed by atoms with Crippen LogP contribution in [-0.2, 0) is 0 Å². The summed E-state index contributed by atoms with van der Waals surface area (Å²) in [6.07, 6.45) is 0. The van der Waals surface area contributed by atoms with E-state index in [2.05, 4.69) is 0 Å². The molecule has 1 heterocycles. The second kappa shape index (κ2) is 12.4. The van der Waals surface area contributed by atoms with Gasteiger partial charge in [-0.3, -0.25) is 0 Å². The predicted octanol–water partition coefficient (Wildman–Crippen LogP) is 8.78. The van der Waals surface area contributed by atoms with E-state index in [0.29, 0.717) is 5.56 Å². The van der Waals surface area contributed by atoms with Crippen LogP contribution in [-0.4, -0.2) is 76.6 Å². The molecule has 0 aliphatic rings. The first-order chi connectivity index (χ1) is 29.6. The Balaban J connectivity index is 1.43.